The van der Waals surface area contributed by atoms with Crippen LogP contribution in [0.2, 0.25) is 0 Å². The van der Waals surface area contributed by atoms with Crippen LogP contribution in [0, 0.1) is 11.8 Å². The lowest BCUT2D eigenvalue weighted by molar-refractivity contribution is -0.135. The van der Waals surface area contributed by atoms with Gasteiger partial charge in [-0.2, -0.15) is 0 Å². The Hall–Kier alpha value is -0.740. The zero-order chi connectivity index (χ0) is 11.3. The van der Waals surface area contributed by atoms with Gasteiger partial charge in [-0.05, 0) is 20.9 Å². The van der Waals surface area contributed by atoms with Gasteiger partial charge in [0.15, 0.2) is 0 Å². The van der Waals surface area contributed by atoms with Crippen molar-refractivity contribution in [2.45, 2.75) is 26.9 Å². The molecule has 0 bridgehead atoms. The molecule has 82 valence electrons. The first-order chi connectivity index (χ1) is 6.41. The van der Waals surface area contributed by atoms with E-state index in [4.69, 9.17) is 0 Å². The fourth-order valence-electron chi connectivity index (χ4n) is 1.17. The molecule has 14 heavy (non-hydrogen) atoms. The van der Waals surface area contributed by atoms with Gasteiger partial charge in [-0.1, -0.05) is 6.92 Å². The topological polar surface area (TPSA) is 66.4 Å². The first-order valence-electron chi connectivity index (χ1n) is 4.78. The van der Waals surface area contributed by atoms with Crippen LogP contribution in [0.1, 0.15) is 20.8 Å². The average molecular weight is 201 g/mol. The summed E-state index contributed by atoms with van der Waals surface area (Å²) in [5.41, 5.74) is 0. The standard InChI is InChI=1S/C10H19NO3/c1-6(8(3)12)10(14)7(2)9(13)5-11-4/h6-7,9,11,13H,5H2,1-4H3. The van der Waals surface area contributed by atoms with E-state index in [1.54, 1.807) is 20.9 Å². The number of hydrogen-bond acceptors (Lipinski definition) is 4. The number of aliphatic hydroxyl groups is 1. The molecule has 2 N–H and O–H groups in total. The molecular formula is C10H19NO3. The van der Waals surface area contributed by atoms with Crippen LogP contribution in [-0.2, 0) is 9.59 Å². The van der Waals surface area contributed by atoms with Crippen molar-refractivity contribution in [2.75, 3.05) is 13.6 Å². The third kappa shape index (κ3) is 3.55. The highest BCUT2D eigenvalue weighted by molar-refractivity contribution is 6.01. The summed E-state index contributed by atoms with van der Waals surface area (Å²) in [4.78, 5) is 22.5. The van der Waals surface area contributed by atoms with Crippen molar-refractivity contribution in [3.63, 3.8) is 0 Å². The minimum atomic E-state index is -0.728. The molecule has 4 heteroatoms. The van der Waals surface area contributed by atoms with Gasteiger partial charge in [0.2, 0.25) is 0 Å². The van der Waals surface area contributed by atoms with Crippen LogP contribution >= 0.6 is 0 Å². The number of Topliss-reactive ketones (excluding diaryl/α,β-unsaturated/α-hetero) is 2. The summed E-state index contributed by atoms with van der Waals surface area (Å²) < 4.78 is 0. The van der Waals surface area contributed by atoms with Crippen LogP contribution in [0.15, 0.2) is 0 Å². The molecule has 3 atom stereocenters. The molecule has 3 unspecified atom stereocenters. The Kier molecular flexibility index (Phi) is 5.57. The molecule has 0 heterocycles. The number of rotatable bonds is 6. The molecule has 0 fully saturated rings. The smallest absolute Gasteiger partial charge is 0.148 e. The van der Waals surface area contributed by atoms with Crippen molar-refractivity contribution >= 4 is 11.6 Å². The lowest BCUT2D eigenvalue weighted by atomic mass is 9.89. The summed E-state index contributed by atoms with van der Waals surface area (Å²) in [6, 6.07) is 0. The second-order valence-electron chi connectivity index (χ2n) is 3.65. The molecule has 0 spiro atoms. The summed E-state index contributed by atoms with van der Waals surface area (Å²) in [5, 5.41) is 12.3. The number of likely N-dealkylation sites (N-methyl/N-ethyl adjacent to an activating group) is 1. The van der Waals surface area contributed by atoms with Crippen LogP contribution in [0.5, 0.6) is 0 Å². The van der Waals surface area contributed by atoms with E-state index in [1.165, 1.54) is 6.92 Å². The predicted molar refractivity (Wildman–Crippen MR) is 53.9 cm³/mol. The Morgan fingerprint density at radius 1 is 1.36 bits per heavy atom. The Bertz CT molecular complexity index is 215. The molecule has 0 amide bonds. The van der Waals surface area contributed by atoms with Gasteiger partial charge in [0.05, 0.1) is 12.0 Å². The quantitative estimate of drug-likeness (QED) is 0.593. The molecule has 0 aromatic carbocycles. The lowest BCUT2D eigenvalue weighted by Gasteiger charge is -2.19. The van der Waals surface area contributed by atoms with E-state index in [0.29, 0.717) is 6.54 Å². The largest absolute Gasteiger partial charge is 0.391 e. The zero-order valence-corrected chi connectivity index (χ0v) is 9.20. The van der Waals surface area contributed by atoms with E-state index in [-0.39, 0.29) is 11.6 Å². The zero-order valence-electron chi connectivity index (χ0n) is 9.20. The van der Waals surface area contributed by atoms with Gasteiger partial charge in [-0.25, -0.2) is 0 Å². The Morgan fingerprint density at radius 3 is 2.21 bits per heavy atom. The second-order valence-corrected chi connectivity index (χ2v) is 3.65. The molecule has 0 aliphatic rings. The third-order valence-corrected chi connectivity index (χ3v) is 2.48. The molecular weight excluding hydrogens is 182 g/mol. The van der Waals surface area contributed by atoms with Crippen LogP contribution in [0.3, 0.4) is 0 Å². The normalized spacial score (nSPS) is 17.2. The monoisotopic (exact) mass is 201 g/mol. The number of carbonyl (C=O) groups is 2. The second kappa shape index (κ2) is 5.88. The predicted octanol–water partition coefficient (Wildman–Crippen LogP) is -0.00300. The van der Waals surface area contributed by atoms with E-state index in [1.807, 2.05) is 0 Å². The van der Waals surface area contributed by atoms with E-state index in [9.17, 15) is 14.7 Å². The number of hydrogen-bond donors (Lipinski definition) is 2. The Balaban J connectivity index is 4.30. The van der Waals surface area contributed by atoms with Gasteiger partial charge in [0.1, 0.15) is 11.6 Å². The van der Waals surface area contributed by atoms with Gasteiger partial charge in [0, 0.05) is 12.5 Å². The van der Waals surface area contributed by atoms with E-state index in [0.717, 1.165) is 0 Å². The molecule has 0 saturated heterocycles. The fraction of sp³-hybridized carbons (Fsp3) is 0.800. The highest BCUT2D eigenvalue weighted by Crippen LogP contribution is 2.11. The molecule has 0 aromatic rings. The van der Waals surface area contributed by atoms with E-state index < -0.39 is 17.9 Å². The summed E-state index contributed by atoms with van der Waals surface area (Å²) >= 11 is 0. The molecule has 0 saturated carbocycles. The third-order valence-electron chi connectivity index (χ3n) is 2.48. The summed E-state index contributed by atoms with van der Waals surface area (Å²) in [5.74, 6) is -1.46. The van der Waals surface area contributed by atoms with Gasteiger partial charge in [-0.3, -0.25) is 9.59 Å². The minimum Gasteiger partial charge on any atom is -0.391 e. The van der Waals surface area contributed by atoms with Crippen molar-refractivity contribution in [2.24, 2.45) is 11.8 Å². The molecule has 0 rings (SSSR count). The summed E-state index contributed by atoms with van der Waals surface area (Å²) in [6.45, 7) is 4.97. The van der Waals surface area contributed by atoms with Crippen molar-refractivity contribution in [1.29, 1.82) is 0 Å². The van der Waals surface area contributed by atoms with Crippen molar-refractivity contribution < 1.29 is 14.7 Å². The number of carbonyl (C=O) groups excluding carboxylic acids is 2. The highest BCUT2D eigenvalue weighted by Gasteiger charge is 2.27. The molecule has 0 radical (unpaired) electrons. The average Bonchev–Trinajstić information content (AvgIpc) is 2.14. The fourth-order valence-corrected chi connectivity index (χ4v) is 1.17. The molecule has 0 aromatic heterocycles. The van der Waals surface area contributed by atoms with Crippen molar-refractivity contribution in [3.05, 3.63) is 0 Å². The van der Waals surface area contributed by atoms with Gasteiger partial charge in [-0.15, -0.1) is 0 Å². The van der Waals surface area contributed by atoms with E-state index in [2.05, 4.69) is 5.32 Å². The van der Waals surface area contributed by atoms with Gasteiger partial charge in [0.25, 0.3) is 0 Å². The first-order valence-corrected chi connectivity index (χ1v) is 4.78. The van der Waals surface area contributed by atoms with Gasteiger partial charge >= 0.3 is 0 Å². The maximum Gasteiger partial charge on any atom is 0.148 e. The maximum absolute atomic E-state index is 11.6. The molecule has 0 aliphatic heterocycles. The number of nitrogens with one attached hydrogen (secondary N) is 1. The van der Waals surface area contributed by atoms with Crippen LogP contribution < -0.4 is 5.32 Å². The van der Waals surface area contributed by atoms with Crippen LogP contribution in [0.4, 0.5) is 0 Å². The molecule has 0 aliphatic carbocycles. The Morgan fingerprint density at radius 2 is 1.86 bits per heavy atom. The lowest BCUT2D eigenvalue weighted by Crippen LogP contribution is -2.37. The first kappa shape index (κ1) is 13.3. The number of aliphatic hydroxyl groups excluding tert-OH is 1. The van der Waals surface area contributed by atoms with Gasteiger partial charge < -0.3 is 10.4 Å². The SMILES string of the molecule is CNCC(O)C(C)C(=O)C(C)C(C)=O. The summed E-state index contributed by atoms with van der Waals surface area (Å²) in [7, 11) is 1.70. The van der Waals surface area contributed by atoms with E-state index >= 15 is 0 Å². The van der Waals surface area contributed by atoms with Crippen LogP contribution in [-0.4, -0.2) is 36.4 Å². The minimum absolute atomic E-state index is 0.154. The number of ketones is 2. The molecule has 4 nitrogen and oxygen atoms in total. The maximum atomic E-state index is 11.6. The van der Waals surface area contributed by atoms with Crippen LogP contribution in [0.25, 0.3) is 0 Å². The van der Waals surface area contributed by atoms with Crippen molar-refractivity contribution in [3.8, 4) is 0 Å². The summed E-state index contributed by atoms with van der Waals surface area (Å²) in [6.07, 6.45) is -0.728. The van der Waals surface area contributed by atoms with Crippen molar-refractivity contribution in [1.82, 2.24) is 5.32 Å². The Labute approximate surface area is 84.7 Å². The highest BCUT2D eigenvalue weighted by atomic mass is 16.3.